The van der Waals surface area contributed by atoms with Gasteiger partial charge in [0.2, 0.25) is 0 Å². The molecule has 4 heteroatoms. The third kappa shape index (κ3) is 2.52. The smallest absolute Gasteiger partial charge is 0.126 e. The highest BCUT2D eigenvalue weighted by Gasteiger charge is 2.14. The van der Waals surface area contributed by atoms with E-state index in [4.69, 9.17) is 17.3 Å². The van der Waals surface area contributed by atoms with Crippen LogP contribution >= 0.6 is 11.6 Å². The number of nitrogens with two attached hydrogens (primary N) is 1. The zero-order valence-corrected chi connectivity index (χ0v) is 10.5. The third-order valence-corrected chi connectivity index (χ3v) is 3.17. The van der Waals surface area contributed by atoms with Gasteiger partial charge >= 0.3 is 0 Å². The van der Waals surface area contributed by atoms with Crippen molar-refractivity contribution >= 4 is 11.6 Å². The molecule has 0 aromatic heterocycles. The molecule has 0 amide bonds. The van der Waals surface area contributed by atoms with Crippen LogP contribution < -0.4 is 5.73 Å². The zero-order valence-electron chi connectivity index (χ0n) is 9.75. The van der Waals surface area contributed by atoms with Gasteiger partial charge in [-0.3, -0.25) is 0 Å². The second-order valence-electron chi connectivity index (χ2n) is 4.15. The van der Waals surface area contributed by atoms with Crippen molar-refractivity contribution in [2.24, 2.45) is 5.73 Å². The second-order valence-corrected chi connectivity index (χ2v) is 4.56. The molecule has 0 aliphatic heterocycles. The van der Waals surface area contributed by atoms with Crippen molar-refractivity contribution in [1.82, 2.24) is 0 Å². The molecule has 0 bridgehead atoms. The Morgan fingerprint density at radius 2 is 1.83 bits per heavy atom. The summed E-state index contributed by atoms with van der Waals surface area (Å²) in [6.45, 7) is 1.66. The van der Waals surface area contributed by atoms with E-state index in [1.54, 1.807) is 25.1 Å². The first kappa shape index (κ1) is 13.0. The summed E-state index contributed by atoms with van der Waals surface area (Å²) < 4.78 is 26.1. The lowest BCUT2D eigenvalue weighted by Crippen LogP contribution is -2.13. The van der Waals surface area contributed by atoms with Gasteiger partial charge in [0, 0.05) is 5.02 Å². The molecule has 2 aromatic carbocycles. The van der Waals surface area contributed by atoms with Crippen LogP contribution in [-0.2, 0) is 0 Å². The molecule has 2 N–H and O–H groups in total. The van der Waals surface area contributed by atoms with Gasteiger partial charge in [0.1, 0.15) is 11.6 Å². The Morgan fingerprint density at radius 3 is 2.44 bits per heavy atom. The molecule has 94 valence electrons. The number of halogens is 3. The SMILES string of the molecule is Cc1cc(C(N)c2ccc(F)cc2Cl)ccc1F. The van der Waals surface area contributed by atoms with Crippen LogP contribution in [0.3, 0.4) is 0 Å². The van der Waals surface area contributed by atoms with Gasteiger partial charge < -0.3 is 5.73 Å². The Balaban J connectivity index is 2.41. The Morgan fingerprint density at radius 1 is 1.11 bits per heavy atom. The summed E-state index contributed by atoms with van der Waals surface area (Å²) in [5.74, 6) is -0.692. The molecule has 0 fully saturated rings. The molecular weight excluding hydrogens is 256 g/mol. The first-order valence-corrected chi connectivity index (χ1v) is 5.83. The number of rotatable bonds is 2. The molecule has 2 aromatic rings. The molecule has 2 rings (SSSR count). The quantitative estimate of drug-likeness (QED) is 0.875. The Hall–Kier alpha value is -1.45. The molecule has 18 heavy (non-hydrogen) atoms. The lowest BCUT2D eigenvalue weighted by molar-refractivity contribution is 0.616. The van der Waals surface area contributed by atoms with Gasteiger partial charge in [0.15, 0.2) is 0 Å². The summed E-state index contributed by atoms with van der Waals surface area (Å²) in [6.07, 6.45) is 0. The number of hydrogen-bond acceptors (Lipinski definition) is 1. The summed E-state index contributed by atoms with van der Waals surface area (Å²) in [4.78, 5) is 0. The van der Waals surface area contributed by atoms with E-state index < -0.39 is 11.9 Å². The number of benzene rings is 2. The van der Waals surface area contributed by atoms with Crippen LogP contribution in [0.4, 0.5) is 8.78 Å². The minimum absolute atomic E-state index is 0.268. The Bertz CT molecular complexity index is 584. The average Bonchev–Trinajstić information content (AvgIpc) is 2.32. The highest BCUT2D eigenvalue weighted by molar-refractivity contribution is 6.31. The number of aryl methyl sites for hydroxylation is 1. The van der Waals surface area contributed by atoms with Crippen molar-refractivity contribution in [3.05, 3.63) is 69.7 Å². The standard InChI is InChI=1S/C14H12ClF2N/c1-8-6-9(2-5-13(8)17)14(18)11-4-3-10(16)7-12(11)15/h2-7,14H,18H2,1H3. The highest BCUT2D eigenvalue weighted by Crippen LogP contribution is 2.27. The lowest BCUT2D eigenvalue weighted by Gasteiger charge is -2.15. The van der Waals surface area contributed by atoms with Crippen molar-refractivity contribution in [3.8, 4) is 0 Å². The molecule has 1 nitrogen and oxygen atoms in total. The predicted molar refractivity (Wildman–Crippen MR) is 68.6 cm³/mol. The van der Waals surface area contributed by atoms with Gasteiger partial charge in [-0.05, 0) is 41.8 Å². The largest absolute Gasteiger partial charge is 0.320 e. The van der Waals surface area contributed by atoms with E-state index in [-0.39, 0.29) is 10.8 Å². The molecule has 0 radical (unpaired) electrons. The van der Waals surface area contributed by atoms with E-state index in [1.807, 2.05) is 0 Å². The van der Waals surface area contributed by atoms with Crippen molar-refractivity contribution in [1.29, 1.82) is 0 Å². The summed E-state index contributed by atoms with van der Waals surface area (Å²) >= 11 is 5.95. The van der Waals surface area contributed by atoms with E-state index >= 15 is 0 Å². The van der Waals surface area contributed by atoms with E-state index in [9.17, 15) is 8.78 Å². The predicted octanol–water partition coefficient (Wildman–Crippen LogP) is 3.97. The van der Waals surface area contributed by atoms with Crippen LogP contribution in [-0.4, -0.2) is 0 Å². The maximum atomic E-state index is 13.2. The minimum Gasteiger partial charge on any atom is -0.320 e. The zero-order chi connectivity index (χ0) is 13.3. The molecule has 0 spiro atoms. The molecule has 1 atom stereocenters. The third-order valence-electron chi connectivity index (χ3n) is 2.84. The topological polar surface area (TPSA) is 26.0 Å². The second kappa shape index (κ2) is 5.04. The van der Waals surface area contributed by atoms with E-state index in [0.717, 1.165) is 5.56 Å². The van der Waals surface area contributed by atoms with E-state index in [2.05, 4.69) is 0 Å². The summed E-state index contributed by atoms with van der Waals surface area (Å²) in [5.41, 5.74) is 7.93. The van der Waals surface area contributed by atoms with Crippen molar-refractivity contribution in [2.75, 3.05) is 0 Å². The maximum Gasteiger partial charge on any atom is 0.126 e. The van der Waals surface area contributed by atoms with Crippen molar-refractivity contribution < 1.29 is 8.78 Å². The average molecular weight is 268 g/mol. The summed E-state index contributed by atoms with van der Waals surface area (Å²) in [7, 11) is 0. The van der Waals surface area contributed by atoms with Crippen LogP contribution in [0.15, 0.2) is 36.4 Å². The fourth-order valence-electron chi connectivity index (χ4n) is 1.79. The van der Waals surface area contributed by atoms with Crippen molar-refractivity contribution in [2.45, 2.75) is 13.0 Å². The highest BCUT2D eigenvalue weighted by atomic mass is 35.5. The first-order valence-electron chi connectivity index (χ1n) is 5.45. The van der Waals surface area contributed by atoms with Crippen LogP contribution in [0.5, 0.6) is 0 Å². The molecule has 0 heterocycles. The molecule has 0 aliphatic carbocycles. The first-order chi connectivity index (χ1) is 8.49. The summed E-state index contributed by atoms with van der Waals surface area (Å²) in [5, 5.41) is 0.268. The van der Waals surface area contributed by atoms with Gasteiger partial charge in [-0.15, -0.1) is 0 Å². The van der Waals surface area contributed by atoms with Gasteiger partial charge in [0.05, 0.1) is 6.04 Å². The van der Waals surface area contributed by atoms with Gasteiger partial charge in [-0.2, -0.15) is 0 Å². The Labute approximate surface area is 109 Å². The van der Waals surface area contributed by atoms with Gasteiger partial charge in [0.25, 0.3) is 0 Å². The van der Waals surface area contributed by atoms with E-state index in [1.165, 1.54) is 18.2 Å². The maximum absolute atomic E-state index is 13.2. The fraction of sp³-hybridized carbons (Fsp3) is 0.143. The van der Waals surface area contributed by atoms with Gasteiger partial charge in [-0.1, -0.05) is 29.8 Å². The molecule has 1 unspecified atom stereocenters. The van der Waals surface area contributed by atoms with Crippen LogP contribution in [0, 0.1) is 18.6 Å². The molecular formula is C14H12ClF2N. The van der Waals surface area contributed by atoms with Crippen molar-refractivity contribution in [3.63, 3.8) is 0 Å². The van der Waals surface area contributed by atoms with Gasteiger partial charge in [-0.25, -0.2) is 8.78 Å². The normalized spacial score (nSPS) is 12.5. The van der Waals surface area contributed by atoms with Crippen LogP contribution in [0.2, 0.25) is 5.02 Å². The molecule has 0 saturated carbocycles. The number of hydrogen-bond donors (Lipinski definition) is 1. The lowest BCUT2D eigenvalue weighted by atomic mass is 9.98. The molecule has 0 aliphatic rings. The van der Waals surface area contributed by atoms with Crippen LogP contribution in [0.1, 0.15) is 22.7 Å². The fourth-order valence-corrected chi connectivity index (χ4v) is 2.08. The monoisotopic (exact) mass is 267 g/mol. The summed E-state index contributed by atoms with van der Waals surface area (Å²) in [6, 6.07) is 8.19. The van der Waals surface area contributed by atoms with Crippen LogP contribution in [0.25, 0.3) is 0 Å². The van der Waals surface area contributed by atoms with E-state index in [0.29, 0.717) is 11.1 Å². The Kier molecular flexibility index (Phi) is 3.64. The minimum atomic E-state index is -0.502. The molecule has 0 saturated heterocycles.